The Labute approximate surface area is 139 Å². The predicted molar refractivity (Wildman–Crippen MR) is 96.6 cm³/mol. The summed E-state index contributed by atoms with van der Waals surface area (Å²) in [6, 6.07) is 9.19. The van der Waals surface area contributed by atoms with Crippen LogP contribution in [0, 0.1) is 5.41 Å². The first-order valence-corrected chi connectivity index (χ1v) is 8.80. The minimum absolute atomic E-state index is 0.336. The molecule has 0 spiro atoms. The van der Waals surface area contributed by atoms with E-state index in [-0.39, 0.29) is 0 Å². The maximum atomic E-state index is 3.61. The van der Waals surface area contributed by atoms with Crippen LogP contribution in [0.2, 0.25) is 0 Å². The van der Waals surface area contributed by atoms with E-state index in [1.165, 1.54) is 18.4 Å². The molecule has 0 saturated heterocycles. The van der Waals surface area contributed by atoms with Gasteiger partial charge in [0.25, 0.3) is 0 Å². The van der Waals surface area contributed by atoms with Gasteiger partial charge < -0.3 is 10.2 Å². The van der Waals surface area contributed by atoms with E-state index in [2.05, 4.69) is 85.2 Å². The van der Waals surface area contributed by atoms with E-state index in [4.69, 9.17) is 0 Å². The average molecular weight is 355 g/mol. The number of hydrogen-bond acceptors (Lipinski definition) is 2. The molecule has 0 aliphatic heterocycles. The van der Waals surface area contributed by atoms with Gasteiger partial charge in [-0.3, -0.25) is 0 Å². The summed E-state index contributed by atoms with van der Waals surface area (Å²) in [6.45, 7) is 12.3. The van der Waals surface area contributed by atoms with Gasteiger partial charge >= 0.3 is 0 Å². The minimum Gasteiger partial charge on any atom is -0.314 e. The third-order valence-corrected chi connectivity index (χ3v) is 4.34. The van der Waals surface area contributed by atoms with Gasteiger partial charge in [0, 0.05) is 30.1 Å². The smallest absolute Gasteiger partial charge is 0.0230 e. The molecule has 0 aliphatic carbocycles. The lowest BCUT2D eigenvalue weighted by Crippen LogP contribution is -2.42. The third kappa shape index (κ3) is 7.44. The molecule has 120 valence electrons. The molecule has 0 heterocycles. The molecule has 0 saturated carbocycles. The Bertz CT molecular complexity index is 402. The van der Waals surface area contributed by atoms with Crippen LogP contribution >= 0.6 is 15.9 Å². The summed E-state index contributed by atoms with van der Waals surface area (Å²) in [7, 11) is 2.23. The van der Waals surface area contributed by atoms with Crippen LogP contribution in [0.4, 0.5) is 0 Å². The first kappa shape index (κ1) is 18.7. The van der Waals surface area contributed by atoms with Crippen molar-refractivity contribution < 1.29 is 0 Å². The largest absolute Gasteiger partial charge is 0.314 e. The zero-order valence-corrected chi connectivity index (χ0v) is 15.8. The summed E-state index contributed by atoms with van der Waals surface area (Å²) in [6.07, 6.45) is 2.50. The van der Waals surface area contributed by atoms with Crippen LogP contribution in [-0.4, -0.2) is 31.1 Å². The van der Waals surface area contributed by atoms with E-state index in [1.54, 1.807) is 0 Å². The van der Waals surface area contributed by atoms with Crippen molar-refractivity contribution in [1.29, 1.82) is 0 Å². The summed E-state index contributed by atoms with van der Waals surface area (Å²) >= 11 is 3.49. The van der Waals surface area contributed by atoms with Crippen molar-refractivity contribution in [2.45, 2.75) is 53.1 Å². The van der Waals surface area contributed by atoms with Crippen molar-refractivity contribution in [3.63, 3.8) is 0 Å². The van der Waals surface area contributed by atoms with Crippen LogP contribution in [0.5, 0.6) is 0 Å². The van der Waals surface area contributed by atoms with E-state index in [9.17, 15) is 0 Å². The quantitative estimate of drug-likeness (QED) is 0.692. The molecule has 0 aromatic heterocycles. The number of halogens is 1. The highest BCUT2D eigenvalue weighted by Crippen LogP contribution is 2.24. The zero-order chi connectivity index (χ0) is 15.9. The summed E-state index contributed by atoms with van der Waals surface area (Å²) in [4.78, 5) is 2.45. The average Bonchev–Trinajstić information content (AvgIpc) is 2.39. The minimum atomic E-state index is 0.336. The van der Waals surface area contributed by atoms with E-state index >= 15 is 0 Å². The molecule has 0 radical (unpaired) electrons. The lowest BCUT2D eigenvalue weighted by Gasteiger charge is -2.35. The molecule has 3 heteroatoms. The van der Waals surface area contributed by atoms with E-state index < -0.39 is 0 Å². The molecular formula is C18H31BrN2. The molecule has 1 N–H and O–H groups in total. The van der Waals surface area contributed by atoms with Gasteiger partial charge in [-0.2, -0.15) is 0 Å². The maximum absolute atomic E-state index is 3.61. The van der Waals surface area contributed by atoms with Crippen LogP contribution in [0.25, 0.3) is 0 Å². The second-order valence-corrected chi connectivity index (χ2v) is 7.81. The second kappa shape index (κ2) is 8.92. The molecule has 1 rings (SSSR count). The Morgan fingerprint density at radius 3 is 2.38 bits per heavy atom. The van der Waals surface area contributed by atoms with Crippen LogP contribution in [0.15, 0.2) is 28.7 Å². The fraction of sp³-hybridized carbons (Fsp3) is 0.667. The molecule has 0 aliphatic rings. The number of nitrogens with one attached hydrogen (secondary N) is 1. The molecule has 0 amide bonds. The standard InChI is InChI=1S/C18H31BrN2/c1-6-11-18(4,13-20-15(2)3)14-21(5)12-16-7-9-17(19)10-8-16/h7-10,15,20H,6,11-14H2,1-5H3. The third-order valence-electron chi connectivity index (χ3n) is 3.81. The van der Waals surface area contributed by atoms with Gasteiger partial charge in [-0.1, -0.05) is 62.2 Å². The molecule has 1 unspecified atom stereocenters. The highest BCUT2D eigenvalue weighted by atomic mass is 79.9. The SMILES string of the molecule is CCCC(C)(CNC(C)C)CN(C)Cc1ccc(Br)cc1. The maximum Gasteiger partial charge on any atom is 0.0230 e. The Hall–Kier alpha value is -0.380. The number of hydrogen-bond donors (Lipinski definition) is 1. The topological polar surface area (TPSA) is 15.3 Å². The number of benzene rings is 1. The molecule has 0 fully saturated rings. The first-order chi connectivity index (χ1) is 9.84. The normalized spacial score (nSPS) is 14.7. The molecule has 1 aromatic carbocycles. The summed E-state index contributed by atoms with van der Waals surface area (Å²) in [5, 5.41) is 3.61. The van der Waals surface area contributed by atoms with Crippen molar-refractivity contribution in [1.82, 2.24) is 10.2 Å². The highest BCUT2D eigenvalue weighted by molar-refractivity contribution is 9.10. The van der Waals surface area contributed by atoms with Crippen molar-refractivity contribution in [3.8, 4) is 0 Å². The van der Waals surface area contributed by atoms with Crippen molar-refractivity contribution in [2.24, 2.45) is 5.41 Å². The molecule has 0 bridgehead atoms. The molecule has 21 heavy (non-hydrogen) atoms. The van der Waals surface area contributed by atoms with Crippen molar-refractivity contribution >= 4 is 15.9 Å². The fourth-order valence-electron chi connectivity index (χ4n) is 2.89. The summed E-state index contributed by atoms with van der Waals surface area (Å²) in [5.41, 5.74) is 1.71. The van der Waals surface area contributed by atoms with E-state index in [0.717, 1.165) is 24.1 Å². The summed E-state index contributed by atoms with van der Waals surface area (Å²) in [5.74, 6) is 0. The van der Waals surface area contributed by atoms with Crippen LogP contribution in [0.1, 0.15) is 46.1 Å². The Balaban J connectivity index is 2.58. The van der Waals surface area contributed by atoms with E-state index in [0.29, 0.717) is 11.5 Å². The van der Waals surface area contributed by atoms with E-state index in [1.807, 2.05) is 0 Å². The first-order valence-electron chi connectivity index (χ1n) is 8.01. The van der Waals surface area contributed by atoms with Crippen LogP contribution < -0.4 is 5.32 Å². The lowest BCUT2D eigenvalue weighted by atomic mass is 9.84. The Morgan fingerprint density at radius 1 is 1.24 bits per heavy atom. The van der Waals surface area contributed by atoms with Gasteiger partial charge in [0.1, 0.15) is 0 Å². The Morgan fingerprint density at radius 2 is 1.86 bits per heavy atom. The van der Waals surface area contributed by atoms with Gasteiger partial charge in [-0.05, 0) is 36.6 Å². The van der Waals surface area contributed by atoms with Gasteiger partial charge in [0.15, 0.2) is 0 Å². The Kier molecular flexibility index (Phi) is 7.93. The van der Waals surface area contributed by atoms with Crippen LogP contribution in [-0.2, 0) is 6.54 Å². The molecule has 1 atom stereocenters. The number of rotatable bonds is 9. The second-order valence-electron chi connectivity index (χ2n) is 6.90. The predicted octanol–water partition coefficient (Wildman–Crippen LogP) is 4.69. The van der Waals surface area contributed by atoms with Gasteiger partial charge in [0.05, 0.1) is 0 Å². The van der Waals surface area contributed by atoms with Gasteiger partial charge in [-0.25, -0.2) is 0 Å². The van der Waals surface area contributed by atoms with Crippen molar-refractivity contribution in [2.75, 3.05) is 20.1 Å². The fourth-order valence-corrected chi connectivity index (χ4v) is 3.15. The van der Waals surface area contributed by atoms with Gasteiger partial charge in [0.2, 0.25) is 0 Å². The highest BCUT2D eigenvalue weighted by Gasteiger charge is 2.25. The molecule has 2 nitrogen and oxygen atoms in total. The van der Waals surface area contributed by atoms with Crippen molar-refractivity contribution in [3.05, 3.63) is 34.3 Å². The molecule has 1 aromatic rings. The van der Waals surface area contributed by atoms with Crippen LogP contribution in [0.3, 0.4) is 0 Å². The number of nitrogens with zero attached hydrogens (tertiary/aromatic N) is 1. The molecular weight excluding hydrogens is 324 g/mol. The van der Waals surface area contributed by atoms with Gasteiger partial charge in [-0.15, -0.1) is 0 Å². The monoisotopic (exact) mass is 354 g/mol. The zero-order valence-electron chi connectivity index (χ0n) is 14.2. The summed E-state index contributed by atoms with van der Waals surface area (Å²) < 4.78 is 1.14. The lowest BCUT2D eigenvalue weighted by molar-refractivity contribution is 0.165.